The van der Waals surface area contributed by atoms with E-state index < -0.39 is 0 Å². The van der Waals surface area contributed by atoms with Crippen LogP contribution in [0.4, 0.5) is 11.5 Å². The van der Waals surface area contributed by atoms with Crippen LogP contribution in [0.1, 0.15) is 45.2 Å². The van der Waals surface area contributed by atoms with Crippen LogP contribution < -0.4 is 5.32 Å². The van der Waals surface area contributed by atoms with Gasteiger partial charge in [-0.1, -0.05) is 26.7 Å². The van der Waals surface area contributed by atoms with Crippen LogP contribution in [0.3, 0.4) is 0 Å². The summed E-state index contributed by atoms with van der Waals surface area (Å²) < 4.78 is 1.60. The number of hydrogen-bond donors (Lipinski definition) is 1. The number of nitrogens with zero attached hydrogens (tertiary/aromatic N) is 3. The molecule has 0 aliphatic heterocycles. The molecular weight excluding hydrogens is 256 g/mol. The average Bonchev–Trinajstić information content (AvgIpc) is 2.64. The zero-order chi connectivity index (χ0) is 14.9. The molecule has 0 bridgehead atoms. The van der Waals surface area contributed by atoms with Gasteiger partial charge in [-0.15, -0.1) is 0 Å². The van der Waals surface area contributed by atoms with Crippen molar-refractivity contribution in [3.8, 4) is 0 Å². The molecule has 2 atom stereocenters. The Labute approximate surface area is 119 Å². The van der Waals surface area contributed by atoms with Crippen molar-refractivity contribution in [2.24, 2.45) is 18.9 Å². The quantitative estimate of drug-likeness (QED) is 0.678. The minimum absolute atomic E-state index is 0.112. The lowest BCUT2D eigenvalue weighted by Crippen LogP contribution is -2.36. The van der Waals surface area contributed by atoms with Gasteiger partial charge in [-0.2, -0.15) is 5.10 Å². The molecule has 1 fully saturated rings. The van der Waals surface area contributed by atoms with Crippen molar-refractivity contribution in [2.45, 2.75) is 52.5 Å². The summed E-state index contributed by atoms with van der Waals surface area (Å²) in [5.74, 6) is 1.70. The van der Waals surface area contributed by atoms with Gasteiger partial charge in [0.15, 0.2) is 0 Å². The van der Waals surface area contributed by atoms with Crippen molar-refractivity contribution in [2.75, 3.05) is 5.32 Å². The van der Waals surface area contributed by atoms with Crippen molar-refractivity contribution in [1.82, 2.24) is 9.78 Å². The zero-order valence-electron chi connectivity index (χ0n) is 12.7. The number of aryl methyl sites for hydroxylation is 2. The normalized spacial score (nSPS) is 23.1. The highest BCUT2D eigenvalue weighted by atomic mass is 16.6. The number of nitro groups is 1. The number of hydrogen-bond acceptors (Lipinski definition) is 4. The fourth-order valence-corrected chi connectivity index (χ4v) is 3.34. The summed E-state index contributed by atoms with van der Waals surface area (Å²) in [7, 11) is 1.76. The highest BCUT2D eigenvalue weighted by molar-refractivity contribution is 5.60. The lowest BCUT2D eigenvalue weighted by atomic mass is 9.78. The van der Waals surface area contributed by atoms with E-state index in [1.165, 1.54) is 19.3 Å². The maximum Gasteiger partial charge on any atom is 0.333 e. The van der Waals surface area contributed by atoms with Crippen LogP contribution in [0.15, 0.2) is 0 Å². The van der Waals surface area contributed by atoms with Gasteiger partial charge in [0.05, 0.1) is 4.92 Å². The smallest absolute Gasteiger partial charge is 0.333 e. The van der Waals surface area contributed by atoms with Crippen molar-refractivity contribution in [3.05, 3.63) is 15.8 Å². The molecule has 20 heavy (non-hydrogen) atoms. The molecule has 1 N–H and O–H groups in total. The van der Waals surface area contributed by atoms with Crippen LogP contribution in [0.25, 0.3) is 0 Å². The van der Waals surface area contributed by atoms with E-state index >= 15 is 0 Å². The number of nitrogens with one attached hydrogen (secondary N) is 1. The molecule has 112 valence electrons. The van der Waals surface area contributed by atoms with Crippen LogP contribution in [0.5, 0.6) is 0 Å². The van der Waals surface area contributed by atoms with Gasteiger partial charge in [0.2, 0.25) is 5.82 Å². The largest absolute Gasteiger partial charge is 0.362 e. The van der Waals surface area contributed by atoms with E-state index in [4.69, 9.17) is 0 Å². The SMILES string of the molecule is Cc1nn(C)c(NC2CCCCC2C(C)C)c1[N+](=O)[O-]. The summed E-state index contributed by atoms with van der Waals surface area (Å²) in [5.41, 5.74) is 0.581. The summed E-state index contributed by atoms with van der Waals surface area (Å²) >= 11 is 0. The van der Waals surface area contributed by atoms with Crippen molar-refractivity contribution < 1.29 is 4.92 Å². The molecule has 1 saturated carbocycles. The molecule has 1 aromatic heterocycles. The lowest BCUT2D eigenvalue weighted by Gasteiger charge is -2.35. The highest BCUT2D eigenvalue weighted by Crippen LogP contribution is 2.35. The third kappa shape index (κ3) is 2.78. The third-order valence-corrected chi connectivity index (χ3v) is 4.37. The Balaban J connectivity index is 2.26. The fraction of sp³-hybridized carbons (Fsp3) is 0.786. The maximum absolute atomic E-state index is 11.2. The summed E-state index contributed by atoms with van der Waals surface area (Å²) in [6.07, 6.45) is 4.71. The molecule has 6 heteroatoms. The van der Waals surface area contributed by atoms with Gasteiger partial charge in [-0.05, 0) is 31.6 Å². The van der Waals surface area contributed by atoms with Gasteiger partial charge in [0, 0.05) is 13.1 Å². The summed E-state index contributed by atoms with van der Waals surface area (Å²) in [4.78, 5) is 10.9. The molecule has 0 amide bonds. The first-order valence-corrected chi connectivity index (χ1v) is 7.36. The molecule has 1 aromatic rings. The molecule has 2 rings (SSSR count). The topological polar surface area (TPSA) is 73.0 Å². The first-order valence-electron chi connectivity index (χ1n) is 7.36. The Morgan fingerprint density at radius 3 is 2.65 bits per heavy atom. The second-order valence-corrected chi connectivity index (χ2v) is 6.11. The van der Waals surface area contributed by atoms with Crippen LogP contribution in [-0.2, 0) is 7.05 Å². The standard InChI is InChI=1S/C14H24N4O2/c1-9(2)11-7-5-6-8-12(11)15-14-13(18(19)20)10(3)16-17(14)4/h9,11-12,15H,5-8H2,1-4H3. The molecule has 0 aromatic carbocycles. The minimum Gasteiger partial charge on any atom is -0.362 e. The van der Waals surface area contributed by atoms with Crippen LogP contribution in [0, 0.1) is 28.9 Å². The Hall–Kier alpha value is -1.59. The number of anilines is 1. The van der Waals surface area contributed by atoms with E-state index in [2.05, 4.69) is 24.3 Å². The molecule has 1 heterocycles. The Morgan fingerprint density at radius 2 is 2.05 bits per heavy atom. The molecule has 6 nitrogen and oxygen atoms in total. The van der Waals surface area contributed by atoms with Crippen LogP contribution in [0.2, 0.25) is 0 Å². The highest BCUT2D eigenvalue weighted by Gasteiger charge is 2.31. The Kier molecular flexibility index (Phi) is 4.30. The van der Waals surface area contributed by atoms with Gasteiger partial charge >= 0.3 is 5.69 Å². The maximum atomic E-state index is 11.2. The average molecular weight is 280 g/mol. The molecular formula is C14H24N4O2. The van der Waals surface area contributed by atoms with E-state index in [9.17, 15) is 10.1 Å². The van der Waals surface area contributed by atoms with Crippen molar-refractivity contribution >= 4 is 11.5 Å². The van der Waals surface area contributed by atoms with E-state index in [1.807, 2.05) is 0 Å². The van der Waals surface area contributed by atoms with Gasteiger partial charge in [0.1, 0.15) is 5.69 Å². The molecule has 2 unspecified atom stereocenters. The first-order chi connectivity index (χ1) is 9.41. The van der Waals surface area contributed by atoms with Gasteiger partial charge < -0.3 is 5.32 Å². The molecule has 0 radical (unpaired) electrons. The monoisotopic (exact) mass is 280 g/mol. The first kappa shape index (κ1) is 14.8. The zero-order valence-corrected chi connectivity index (χ0v) is 12.7. The Bertz CT molecular complexity index is 496. The molecule has 1 aliphatic carbocycles. The molecule has 0 saturated heterocycles. The molecule has 1 aliphatic rings. The summed E-state index contributed by atoms with van der Waals surface area (Å²) in [6, 6.07) is 0.303. The summed E-state index contributed by atoms with van der Waals surface area (Å²) in [6.45, 7) is 6.14. The van der Waals surface area contributed by atoms with E-state index in [0.29, 0.717) is 29.4 Å². The second-order valence-electron chi connectivity index (χ2n) is 6.11. The lowest BCUT2D eigenvalue weighted by molar-refractivity contribution is -0.384. The van der Waals surface area contributed by atoms with E-state index in [-0.39, 0.29) is 10.6 Å². The van der Waals surface area contributed by atoms with Gasteiger partial charge in [-0.25, -0.2) is 4.68 Å². The van der Waals surface area contributed by atoms with Crippen LogP contribution in [-0.4, -0.2) is 20.7 Å². The minimum atomic E-state index is -0.335. The van der Waals surface area contributed by atoms with E-state index in [1.54, 1.807) is 18.7 Å². The fourth-order valence-electron chi connectivity index (χ4n) is 3.34. The van der Waals surface area contributed by atoms with E-state index in [0.717, 1.165) is 6.42 Å². The van der Waals surface area contributed by atoms with Gasteiger partial charge in [0.25, 0.3) is 0 Å². The second kappa shape index (κ2) is 5.81. The van der Waals surface area contributed by atoms with Crippen LogP contribution >= 0.6 is 0 Å². The molecule has 0 spiro atoms. The number of rotatable bonds is 4. The number of aromatic nitrogens is 2. The van der Waals surface area contributed by atoms with Crippen molar-refractivity contribution in [3.63, 3.8) is 0 Å². The summed E-state index contributed by atoms with van der Waals surface area (Å²) in [5, 5.41) is 18.8. The van der Waals surface area contributed by atoms with Gasteiger partial charge in [-0.3, -0.25) is 10.1 Å². The van der Waals surface area contributed by atoms with Crippen molar-refractivity contribution in [1.29, 1.82) is 0 Å². The predicted molar refractivity (Wildman–Crippen MR) is 78.8 cm³/mol. The third-order valence-electron chi connectivity index (χ3n) is 4.37. The Morgan fingerprint density at radius 1 is 1.40 bits per heavy atom. The predicted octanol–water partition coefficient (Wildman–Crippen LogP) is 3.26.